The van der Waals surface area contributed by atoms with Gasteiger partial charge in [0.1, 0.15) is 5.78 Å². The smallest absolute Gasteiger partial charge is 0.307 e. The topological polar surface area (TPSA) is 124 Å². The third-order valence-electron chi connectivity index (χ3n) is 5.09. The zero-order chi connectivity index (χ0) is 23.2. The van der Waals surface area contributed by atoms with E-state index in [0.717, 1.165) is 5.56 Å². The van der Waals surface area contributed by atoms with E-state index in [9.17, 15) is 24.2 Å². The van der Waals surface area contributed by atoms with E-state index in [1.807, 2.05) is 18.2 Å². The largest absolute Gasteiger partial charge is 0.481 e. The van der Waals surface area contributed by atoms with Crippen molar-refractivity contribution in [1.82, 2.24) is 0 Å². The minimum Gasteiger partial charge on any atom is -0.481 e. The summed E-state index contributed by atoms with van der Waals surface area (Å²) in [6.07, 6.45) is -1.12. The summed E-state index contributed by atoms with van der Waals surface area (Å²) in [5.41, 5.74) is 2.13. The van der Waals surface area contributed by atoms with Gasteiger partial charge in [0.25, 0.3) is 0 Å². The average molecular weight is 447 g/mol. The molecule has 0 heterocycles. The summed E-state index contributed by atoms with van der Waals surface area (Å²) in [4.78, 5) is 33.5. The first-order valence-corrected chi connectivity index (χ1v) is 12.0. The van der Waals surface area contributed by atoms with E-state index in [1.54, 1.807) is 36.4 Å². The van der Waals surface area contributed by atoms with Gasteiger partial charge in [-0.25, -0.2) is 0 Å². The molecule has 0 bridgehead atoms. The van der Waals surface area contributed by atoms with Gasteiger partial charge < -0.3 is 20.4 Å². The molecule has 8 heteroatoms. The highest BCUT2D eigenvalue weighted by molar-refractivity contribution is 7.58. The van der Waals surface area contributed by atoms with Crippen LogP contribution in [-0.2, 0) is 19.6 Å². The van der Waals surface area contributed by atoms with Crippen molar-refractivity contribution in [2.45, 2.75) is 44.8 Å². The van der Waals surface area contributed by atoms with Gasteiger partial charge in [-0.15, -0.1) is 0 Å². The van der Waals surface area contributed by atoms with E-state index >= 15 is 0 Å². The highest BCUT2D eigenvalue weighted by Crippen LogP contribution is 2.57. The number of hydrogen-bond acceptors (Lipinski definition) is 4. The van der Waals surface area contributed by atoms with Crippen molar-refractivity contribution in [3.8, 4) is 0 Å². The molecule has 0 aliphatic rings. The Balaban J connectivity index is 2.38. The third kappa shape index (κ3) is 7.23. The molecule has 0 saturated heterocycles. The molecule has 2 aromatic rings. The van der Waals surface area contributed by atoms with Gasteiger partial charge in [-0.3, -0.25) is 14.2 Å². The first-order valence-electron chi connectivity index (χ1n) is 10.1. The number of rotatable bonds is 10. The van der Waals surface area contributed by atoms with Crippen molar-refractivity contribution in [3.05, 3.63) is 65.7 Å². The minimum absolute atomic E-state index is 0.117. The van der Waals surface area contributed by atoms with Crippen LogP contribution in [0.25, 0.3) is 0 Å². The number of nitrogens with one attached hydrogen (secondary N) is 1. The standard InChI is InChI=1S/C23H30NO6P/c1-23(2,3)18-10-7-11-19(14-18)24-21(16-8-5-4-6-9-16)31(29,30)15-17(22(27)28)12-13-20(25)26/h4-11,14,17,21,24H,12-13,15H2,1-3H3,(H,25,26)(H,27,28)(H,29,30). The van der Waals surface area contributed by atoms with Crippen LogP contribution in [0.3, 0.4) is 0 Å². The molecule has 0 aromatic heterocycles. The molecule has 0 fully saturated rings. The van der Waals surface area contributed by atoms with Crippen LogP contribution in [0.2, 0.25) is 0 Å². The molecule has 0 spiro atoms. The average Bonchev–Trinajstić information content (AvgIpc) is 2.69. The highest BCUT2D eigenvalue weighted by Gasteiger charge is 2.37. The molecule has 2 aromatic carbocycles. The van der Waals surface area contributed by atoms with Crippen LogP contribution in [0.15, 0.2) is 54.6 Å². The molecule has 0 saturated carbocycles. The lowest BCUT2D eigenvalue weighted by atomic mass is 9.87. The van der Waals surface area contributed by atoms with Gasteiger partial charge in [-0.05, 0) is 35.1 Å². The zero-order valence-corrected chi connectivity index (χ0v) is 18.9. The summed E-state index contributed by atoms with van der Waals surface area (Å²) in [7, 11) is -4.10. The van der Waals surface area contributed by atoms with E-state index in [1.165, 1.54) is 0 Å². The van der Waals surface area contributed by atoms with Gasteiger partial charge in [-0.2, -0.15) is 0 Å². The number of hydrogen-bond donors (Lipinski definition) is 4. The fourth-order valence-electron chi connectivity index (χ4n) is 3.30. The minimum atomic E-state index is -4.10. The molecule has 0 aliphatic carbocycles. The van der Waals surface area contributed by atoms with Crippen molar-refractivity contribution in [1.29, 1.82) is 0 Å². The summed E-state index contributed by atoms with van der Waals surface area (Å²) < 4.78 is 13.4. The normalized spacial score (nSPS) is 15.5. The van der Waals surface area contributed by atoms with Crippen molar-refractivity contribution in [2.75, 3.05) is 11.5 Å². The van der Waals surface area contributed by atoms with Crippen LogP contribution >= 0.6 is 7.37 Å². The molecule has 4 N–H and O–H groups in total. The summed E-state index contributed by atoms with van der Waals surface area (Å²) >= 11 is 0. The first kappa shape index (κ1) is 24.6. The Kier molecular flexibility index (Phi) is 8.04. The Morgan fingerprint density at radius 3 is 2.23 bits per heavy atom. The Hall–Kier alpha value is -2.63. The fourth-order valence-corrected chi connectivity index (χ4v) is 5.47. The molecule has 2 rings (SSSR count). The molecule has 0 amide bonds. The van der Waals surface area contributed by atoms with Gasteiger partial charge >= 0.3 is 11.9 Å². The molecule has 0 radical (unpaired) electrons. The number of carboxylic acids is 2. The monoisotopic (exact) mass is 447 g/mol. The van der Waals surface area contributed by atoms with Crippen LogP contribution in [-0.4, -0.2) is 33.2 Å². The van der Waals surface area contributed by atoms with E-state index in [4.69, 9.17) is 5.11 Å². The SMILES string of the molecule is CC(C)(C)c1cccc(NC(c2ccccc2)P(=O)(O)CC(CCC(=O)O)C(=O)O)c1. The predicted molar refractivity (Wildman–Crippen MR) is 121 cm³/mol. The van der Waals surface area contributed by atoms with Gasteiger partial charge in [-0.1, -0.05) is 63.2 Å². The molecule has 3 unspecified atom stereocenters. The summed E-state index contributed by atoms with van der Waals surface area (Å²) in [5, 5.41) is 21.5. The number of aliphatic carboxylic acids is 2. The fraction of sp³-hybridized carbons (Fsp3) is 0.391. The zero-order valence-electron chi connectivity index (χ0n) is 18.0. The summed E-state index contributed by atoms with van der Waals surface area (Å²) in [5.74, 6) is -4.69. The van der Waals surface area contributed by atoms with Gasteiger partial charge in [0.15, 0.2) is 0 Å². The van der Waals surface area contributed by atoms with E-state index < -0.39 is 37.2 Å². The van der Waals surface area contributed by atoms with Gasteiger partial charge in [0, 0.05) is 18.3 Å². The maximum atomic E-state index is 13.4. The third-order valence-corrected chi connectivity index (χ3v) is 7.29. The van der Waals surface area contributed by atoms with Crippen molar-refractivity contribution in [3.63, 3.8) is 0 Å². The first-order chi connectivity index (χ1) is 14.4. The van der Waals surface area contributed by atoms with Gasteiger partial charge in [0.05, 0.1) is 5.92 Å². The number of anilines is 1. The van der Waals surface area contributed by atoms with Crippen LogP contribution in [0, 0.1) is 5.92 Å². The maximum absolute atomic E-state index is 13.4. The molecular formula is C23H30NO6P. The van der Waals surface area contributed by atoms with Crippen LogP contribution in [0.1, 0.15) is 50.5 Å². The van der Waals surface area contributed by atoms with E-state index in [0.29, 0.717) is 11.3 Å². The highest BCUT2D eigenvalue weighted by atomic mass is 31.2. The lowest BCUT2D eigenvalue weighted by Gasteiger charge is -2.28. The van der Waals surface area contributed by atoms with E-state index in [2.05, 4.69) is 26.1 Å². The quantitative estimate of drug-likeness (QED) is 0.381. The summed E-state index contributed by atoms with van der Waals surface area (Å²) in [6.45, 7) is 6.20. The van der Waals surface area contributed by atoms with Crippen molar-refractivity contribution < 1.29 is 29.3 Å². The second-order valence-electron chi connectivity index (χ2n) is 8.69. The molecule has 0 aliphatic heterocycles. The van der Waals surface area contributed by atoms with Crippen LogP contribution < -0.4 is 5.32 Å². The summed E-state index contributed by atoms with van der Waals surface area (Å²) in [6, 6.07) is 16.2. The number of carboxylic acid groups (broad SMARTS) is 2. The lowest BCUT2D eigenvalue weighted by molar-refractivity contribution is -0.142. The molecule has 3 atom stereocenters. The van der Waals surface area contributed by atoms with Crippen LogP contribution in [0.5, 0.6) is 0 Å². The second kappa shape index (κ2) is 10.1. The van der Waals surface area contributed by atoms with Crippen LogP contribution in [0.4, 0.5) is 5.69 Å². The maximum Gasteiger partial charge on any atom is 0.307 e. The molecular weight excluding hydrogens is 417 g/mol. The predicted octanol–water partition coefficient (Wildman–Crippen LogP) is 4.93. The van der Waals surface area contributed by atoms with Gasteiger partial charge in [0.2, 0.25) is 7.37 Å². The number of carbonyl (C=O) groups is 2. The van der Waals surface area contributed by atoms with Crippen molar-refractivity contribution >= 4 is 25.0 Å². The molecule has 168 valence electrons. The Labute approximate surface area is 182 Å². The molecule has 7 nitrogen and oxygen atoms in total. The van der Waals surface area contributed by atoms with Crippen molar-refractivity contribution in [2.24, 2.45) is 5.92 Å². The Morgan fingerprint density at radius 2 is 1.68 bits per heavy atom. The lowest BCUT2D eigenvalue weighted by Crippen LogP contribution is -2.23. The number of benzene rings is 2. The van der Waals surface area contributed by atoms with E-state index in [-0.39, 0.29) is 18.3 Å². The Bertz CT molecular complexity index is 954. The second-order valence-corrected chi connectivity index (χ2v) is 11.1. The Morgan fingerprint density at radius 1 is 1.03 bits per heavy atom. The molecule has 31 heavy (non-hydrogen) atoms.